The highest BCUT2D eigenvalue weighted by Gasteiger charge is 2.17. The standard InChI is InChI=1S/C20H26N2O4S/c1-14(2)18-8-6-7-9-19(18)21-20(23)15(3)26-17-12-10-16(11-13-17)22(4)27(5,24)25/h6-15H,1-5H3,(H,21,23)/t15-/m0/s1. The summed E-state index contributed by atoms with van der Waals surface area (Å²) in [6.45, 7) is 5.81. The normalized spacial score (nSPS) is 12.5. The number of carbonyl (C=O) groups is 1. The zero-order chi connectivity index (χ0) is 20.2. The zero-order valence-corrected chi connectivity index (χ0v) is 17.1. The quantitative estimate of drug-likeness (QED) is 0.784. The number of carbonyl (C=O) groups excluding carboxylic acids is 1. The molecular formula is C20H26N2O4S. The average molecular weight is 391 g/mol. The van der Waals surface area contributed by atoms with E-state index >= 15 is 0 Å². The SMILES string of the molecule is CC(C)c1ccccc1NC(=O)[C@H](C)Oc1ccc(N(C)S(C)(=O)=O)cc1. The van der Waals surface area contributed by atoms with E-state index in [1.54, 1.807) is 31.2 Å². The zero-order valence-electron chi connectivity index (χ0n) is 16.3. The minimum absolute atomic E-state index is 0.250. The van der Waals surface area contributed by atoms with Gasteiger partial charge < -0.3 is 10.1 Å². The molecule has 2 rings (SSSR count). The van der Waals surface area contributed by atoms with Crippen LogP contribution in [0.4, 0.5) is 11.4 Å². The van der Waals surface area contributed by atoms with Crippen molar-refractivity contribution >= 4 is 27.3 Å². The molecule has 7 heteroatoms. The third-order valence-corrected chi connectivity index (χ3v) is 5.43. The molecule has 0 aliphatic rings. The predicted octanol–water partition coefficient (Wildman–Crippen LogP) is 3.61. The van der Waals surface area contributed by atoms with Crippen molar-refractivity contribution in [2.75, 3.05) is 22.9 Å². The highest BCUT2D eigenvalue weighted by molar-refractivity contribution is 7.92. The number of benzene rings is 2. The van der Waals surface area contributed by atoms with Crippen LogP contribution in [0.25, 0.3) is 0 Å². The van der Waals surface area contributed by atoms with Gasteiger partial charge in [-0.3, -0.25) is 9.10 Å². The Morgan fingerprint density at radius 2 is 1.63 bits per heavy atom. The van der Waals surface area contributed by atoms with Crippen molar-refractivity contribution in [1.29, 1.82) is 0 Å². The van der Waals surface area contributed by atoms with E-state index < -0.39 is 16.1 Å². The first-order valence-corrected chi connectivity index (χ1v) is 10.5. The van der Waals surface area contributed by atoms with E-state index in [1.165, 1.54) is 11.4 Å². The summed E-state index contributed by atoms with van der Waals surface area (Å²) in [5, 5.41) is 2.91. The van der Waals surface area contributed by atoms with Gasteiger partial charge in [0.25, 0.3) is 5.91 Å². The Labute approximate surface area is 161 Å². The summed E-state index contributed by atoms with van der Waals surface area (Å²) >= 11 is 0. The molecule has 0 bridgehead atoms. The lowest BCUT2D eigenvalue weighted by Gasteiger charge is -2.19. The molecule has 0 aromatic heterocycles. The molecule has 2 aromatic rings. The van der Waals surface area contributed by atoms with Gasteiger partial charge in [0.05, 0.1) is 11.9 Å². The third-order valence-electron chi connectivity index (χ3n) is 4.22. The molecule has 0 spiro atoms. The van der Waals surface area contributed by atoms with E-state index in [9.17, 15) is 13.2 Å². The Kier molecular flexibility index (Phi) is 6.49. The van der Waals surface area contributed by atoms with Crippen LogP contribution in [0.1, 0.15) is 32.3 Å². The van der Waals surface area contributed by atoms with E-state index in [2.05, 4.69) is 19.2 Å². The minimum Gasteiger partial charge on any atom is -0.481 e. The molecule has 0 aliphatic carbocycles. The smallest absolute Gasteiger partial charge is 0.265 e. The van der Waals surface area contributed by atoms with Crippen LogP contribution in [0, 0.1) is 0 Å². The van der Waals surface area contributed by atoms with Gasteiger partial charge in [0.1, 0.15) is 5.75 Å². The Bertz CT molecular complexity index is 892. The average Bonchev–Trinajstić information content (AvgIpc) is 2.61. The number of ether oxygens (including phenoxy) is 1. The van der Waals surface area contributed by atoms with Crippen molar-refractivity contribution in [2.45, 2.75) is 32.8 Å². The van der Waals surface area contributed by atoms with Crippen LogP contribution in [0.3, 0.4) is 0 Å². The van der Waals surface area contributed by atoms with E-state index in [-0.39, 0.29) is 11.8 Å². The molecule has 6 nitrogen and oxygen atoms in total. The largest absolute Gasteiger partial charge is 0.481 e. The maximum atomic E-state index is 12.5. The van der Waals surface area contributed by atoms with Crippen molar-refractivity contribution in [3.63, 3.8) is 0 Å². The monoisotopic (exact) mass is 390 g/mol. The fourth-order valence-corrected chi connectivity index (χ4v) is 3.04. The Morgan fingerprint density at radius 3 is 2.19 bits per heavy atom. The molecule has 0 unspecified atom stereocenters. The summed E-state index contributed by atoms with van der Waals surface area (Å²) < 4.78 is 30.0. The summed E-state index contributed by atoms with van der Waals surface area (Å²) in [5.74, 6) is 0.526. The molecule has 0 aliphatic heterocycles. The number of amides is 1. The van der Waals surface area contributed by atoms with Crippen LogP contribution in [0.15, 0.2) is 48.5 Å². The summed E-state index contributed by atoms with van der Waals surface area (Å²) in [6, 6.07) is 14.2. The number of para-hydroxylation sites is 1. The molecule has 1 N–H and O–H groups in total. The van der Waals surface area contributed by atoms with Crippen LogP contribution in [0.2, 0.25) is 0 Å². The number of nitrogens with zero attached hydrogens (tertiary/aromatic N) is 1. The van der Waals surface area contributed by atoms with Crippen LogP contribution in [0.5, 0.6) is 5.75 Å². The minimum atomic E-state index is -3.32. The first kappa shape index (κ1) is 20.8. The lowest BCUT2D eigenvalue weighted by molar-refractivity contribution is -0.122. The first-order valence-electron chi connectivity index (χ1n) is 8.70. The van der Waals surface area contributed by atoms with Gasteiger partial charge in [-0.15, -0.1) is 0 Å². The fourth-order valence-electron chi connectivity index (χ4n) is 2.53. The molecule has 0 saturated heterocycles. The van der Waals surface area contributed by atoms with Crippen molar-refractivity contribution in [3.05, 3.63) is 54.1 Å². The lowest BCUT2D eigenvalue weighted by atomic mass is 10.0. The van der Waals surface area contributed by atoms with Crippen LogP contribution in [-0.2, 0) is 14.8 Å². The Balaban J connectivity index is 2.05. The second-order valence-corrected chi connectivity index (χ2v) is 8.73. The molecule has 2 aromatic carbocycles. The van der Waals surface area contributed by atoms with Crippen LogP contribution in [-0.4, -0.2) is 33.7 Å². The number of hydrogen-bond acceptors (Lipinski definition) is 4. The highest BCUT2D eigenvalue weighted by Crippen LogP contribution is 2.25. The van der Waals surface area contributed by atoms with Gasteiger partial charge in [0, 0.05) is 12.7 Å². The van der Waals surface area contributed by atoms with Crippen molar-refractivity contribution in [3.8, 4) is 5.75 Å². The van der Waals surface area contributed by atoms with Gasteiger partial charge in [-0.1, -0.05) is 32.0 Å². The molecule has 27 heavy (non-hydrogen) atoms. The van der Waals surface area contributed by atoms with Crippen molar-refractivity contribution in [2.24, 2.45) is 0 Å². The van der Waals surface area contributed by atoms with Gasteiger partial charge in [-0.25, -0.2) is 8.42 Å². The number of nitrogens with one attached hydrogen (secondary N) is 1. The topological polar surface area (TPSA) is 75.7 Å². The number of sulfonamides is 1. The predicted molar refractivity (Wildman–Crippen MR) is 109 cm³/mol. The number of hydrogen-bond donors (Lipinski definition) is 1. The fraction of sp³-hybridized carbons (Fsp3) is 0.350. The van der Waals surface area contributed by atoms with E-state index in [1.807, 2.05) is 24.3 Å². The van der Waals surface area contributed by atoms with E-state index in [0.717, 1.165) is 17.5 Å². The van der Waals surface area contributed by atoms with Gasteiger partial charge >= 0.3 is 0 Å². The maximum Gasteiger partial charge on any atom is 0.265 e. The molecule has 1 amide bonds. The van der Waals surface area contributed by atoms with Crippen molar-refractivity contribution in [1.82, 2.24) is 0 Å². The molecule has 146 valence electrons. The number of rotatable bonds is 7. The van der Waals surface area contributed by atoms with Gasteiger partial charge in [0.2, 0.25) is 10.0 Å². The van der Waals surface area contributed by atoms with Crippen LogP contribution >= 0.6 is 0 Å². The van der Waals surface area contributed by atoms with E-state index in [4.69, 9.17) is 4.74 Å². The molecule has 0 radical (unpaired) electrons. The lowest BCUT2D eigenvalue weighted by Crippen LogP contribution is -2.30. The molecule has 0 saturated carbocycles. The first-order chi connectivity index (χ1) is 12.6. The summed E-state index contributed by atoms with van der Waals surface area (Å²) in [4.78, 5) is 12.5. The second-order valence-electron chi connectivity index (χ2n) is 6.72. The van der Waals surface area contributed by atoms with Crippen molar-refractivity contribution < 1.29 is 17.9 Å². The Morgan fingerprint density at radius 1 is 1.04 bits per heavy atom. The highest BCUT2D eigenvalue weighted by atomic mass is 32.2. The summed E-state index contributed by atoms with van der Waals surface area (Å²) in [7, 11) is -1.84. The Hall–Kier alpha value is -2.54. The van der Waals surface area contributed by atoms with Gasteiger partial charge in [-0.2, -0.15) is 0 Å². The van der Waals surface area contributed by atoms with Gasteiger partial charge in [-0.05, 0) is 48.7 Å². The maximum absolute atomic E-state index is 12.5. The molecule has 0 fully saturated rings. The molecule has 1 atom stereocenters. The number of anilines is 2. The van der Waals surface area contributed by atoms with Crippen LogP contribution < -0.4 is 14.4 Å². The van der Waals surface area contributed by atoms with Gasteiger partial charge in [0.15, 0.2) is 6.10 Å². The van der Waals surface area contributed by atoms with E-state index in [0.29, 0.717) is 11.4 Å². The summed E-state index contributed by atoms with van der Waals surface area (Å²) in [5.41, 5.74) is 2.36. The molecular weight excluding hydrogens is 364 g/mol. The molecule has 0 heterocycles. The summed E-state index contributed by atoms with van der Waals surface area (Å²) in [6.07, 6.45) is 0.433. The second kappa shape index (κ2) is 8.43. The third kappa shape index (κ3) is 5.47.